The van der Waals surface area contributed by atoms with Crippen molar-refractivity contribution in [2.45, 2.75) is 13.5 Å². The summed E-state index contributed by atoms with van der Waals surface area (Å²) in [5.74, 6) is -2.17. The van der Waals surface area contributed by atoms with Gasteiger partial charge < -0.3 is 4.74 Å². The SMILES string of the molecule is CC(=O)c1cc(C#N)c(F)cc1OC(F)F. The molecule has 0 aliphatic rings. The first-order chi connectivity index (χ1) is 7.45. The summed E-state index contributed by atoms with van der Waals surface area (Å²) < 4.78 is 41.0. The van der Waals surface area contributed by atoms with Crippen LogP contribution in [0.2, 0.25) is 0 Å². The second kappa shape index (κ2) is 4.66. The highest BCUT2D eigenvalue weighted by atomic mass is 19.3. The molecule has 6 heteroatoms. The van der Waals surface area contributed by atoms with Crippen LogP contribution in [0.15, 0.2) is 12.1 Å². The lowest BCUT2D eigenvalue weighted by Crippen LogP contribution is -2.07. The van der Waals surface area contributed by atoms with Crippen LogP contribution in [0, 0.1) is 17.1 Å². The summed E-state index contributed by atoms with van der Waals surface area (Å²) in [6.07, 6.45) is 0. The molecule has 0 radical (unpaired) electrons. The van der Waals surface area contributed by atoms with Gasteiger partial charge in [0.1, 0.15) is 17.6 Å². The van der Waals surface area contributed by atoms with Gasteiger partial charge in [-0.25, -0.2) is 4.39 Å². The molecule has 84 valence electrons. The lowest BCUT2D eigenvalue weighted by atomic mass is 10.1. The molecular formula is C10H6F3NO2. The third kappa shape index (κ3) is 2.51. The summed E-state index contributed by atoms with van der Waals surface area (Å²) in [6.45, 7) is -2.06. The molecule has 0 fully saturated rings. The fraction of sp³-hybridized carbons (Fsp3) is 0.200. The van der Waals surface area contributed by atoms with Gasteiger partial charge in [0.2, 0.25) is 0 Å². The Kier molecular flexibility index (Phi) is 3.51. The van der Waals surface area contributed by atoms with Gasteiger partial charge in [0.15, 0.2) is 5.78 Å². The Hall–Kier alpha value is -2.03. The van der Waals surface area contributed by atoms with Crippen molar-refractivity contribution in [3.05, 3.63) is 29.1 Å². The summed E-state index contributed by atoms with van der Waals surface area (Å²) in [4.78, 5) is 11.1. The summed E-state index contributed by atoms with van der Waals surface area (Å²) in [5, 5.41) is 8.51. The van der Waals surface area contributed by atoms with Crippen LogP contribution < -0.4 is 4.74 Å². The summed E-state index contributed by atoms with van der Waals surface area (Å²) in [5.41, 5.74) is -0.648. The number of hydrogen-bond acceptors (Lipinski definition) is 3. The van der Waals surface area contributed by atoms with Crippen LogP contribution in [0.4, 0.5) is 13.2 Å². The number of Topliss-reactive ketones (excluding diaryl/α,β-unsaturated/α-hetero) is 1. The highest BCUT2D eigenvalue weighted by Gasteiger charge is 2.17. The van der Waals surface area contributed by atoms with Crippen LogP contribution in [0.3, 0.4) is 0 Å². The van der Waals surface area contributed by atoms with E-state index in [1.54, 1.807) is 0 Å². The summed E-state index contributed by atoms with van der Waals surface area (Å²) >= 11 is 0. The van der Waals surface area contributed by atoms with E-state index in [2.05, 4.69) is 4.74 Å². The van der Waals surface area contributed by atoms with Gasteiger partial charge in [-0.1, -0.05) is 0 Å². The van der Waals surface area contributed by atoms with Gasteiger partial charge in [-0.2, -0.15) is 14.0 Å². The van der Waals surface area contributed by atoms with Gasteiger partial charge in [0.05, 0.1) is 11.1 Å². The molecule has 16 heavy (non-hydrogen) atoms. The molecule has 0 aromatic heterocycles. The molecule has 0 aliphatic heterocycles. The average Bonchev–Trinajstić information content (AvgIpc) is 2.16. The zero-order valence-electron chi connectivity index (χ0n) is 8.13. The van der Waals surface area contributed by atoms with Gasteiger partial charge in [-0.05, 0) is 13.0 Å². The standard InChI is InChI=1S/C10H6F3NO2/c1-5(15)7-2-6(4-14)8(11)3-9(7)16-10(12)13/h2-3,10H,1H3. The van der Waals surface area contributed by atoms with Crippen LogP contribution in [0.25, 0.3) is 0 Å². The van der Waals surface area contributed by atoms with Gasteiger partial charge in [-0.3, -0.25) is 4.79 Å². The van der Waals surface area contributed by atoms with E-state index in [4.69, 9.17) is 5.26 Å². The van der Waals surface area contributed by atoms with E-state index < -0.39 is 29.5 Å². The number of nitriles is 1. The van der Waals surface area contributed by atoms with E-state index in [0.29, 0.717) is 6.07 Å². The molecule has 0 amide bonds. The summed E-state index contributed by atoms with van der Waals surface area (Å²) in [6, 6.07) is 2.98. The minimum Gasteiger partial charge on any atom is -0.434 e. The van der Waals surface area contributed by atoms with Crippen LogP contribution in [-0.4, -0.2) is 12.4 Å². The highest BCUT2D eigenvalue weighted by Crippen LogP contribution is 2.24. The molecule has 0 atom stereocenters. The van der Waals surface area contributed by atoms with Gasteiger partial charge in [-0.15, -0.1) is 0 Å². The zero-order valence-corrected chi connectivity index (χ0v) is 8.13. The first-order valence-corrected chi connectivity index (χ1v) is 4.15. The van der Waals surface area contributed by atoms with Crippen molar-refractivity contribution >= 4 is 5.78 Å². The lowest BCUT2D eigenvalue weighted by molar-refractivity contribution is -0.0502. The molecule has 0 heterocycles. The van der Waals surface area contributed by atoms with Gasteiger partial charge in [0.25, 0.3) is 0 Å². The normalized spacial score (nSPS) is 10.0. The molecule has 1 aromatic carbocycles. The van der Waals surface area contributed by atoms with Crippen molar-refractivity contribution in [2.24, 2.45) is 0 Å². The molecule has 0 aliphatic carbocycles. The van der Waals surface area contributed by atoms with E-state index in [-0.39, 0.29) is 5.56 Å². The Labute approximate surface area is 89.1 Å². The number of alkyl halides is 2. The Balaban J connectivity index is 3.31. The van der Waals surface area contributed by atoms with Crippen LogP contribution in [0.1, 0.15) is 22.8 Å². The Bertz CT molecular complexity index is 466. The molecule has 3 nitrogen and oxygen atoms in total. The molecule has 0 N–H and O–H groups in total. The quantitative estimate of drug-likeness (QED) is 0.748. The van der Waals surface area contributed by atoms with Crippen molar-refractivity contribution in [3.8, 4) is 11.8 Å². The predicted molar refractivity (Wildman–Crippen MR) is 47.8 cm³/mol. The molecule has 0 unspecified atom stereocenters. The van der Waals surface area contributed by atoms with Crippen molar-refractivity contribution in [2.75, 3.05) is 0 Å². The molecule has 0 saturated heterocycles. The number of benzene rings is 1. The van der Waals surface area contributed by atoms with Gasteiger partial charge in [0, 0.05) is 6.07 Å². The van der Waals surface area contributed by atoms with E-state index >= 15 is 0 Å². The number of carbonyl (C=O) groups excluding carboxylic acids is 1. The lowest BCUT2D eigenvalue weighted by Gasteiger charge is -2.09. The van der Waals surface area contributed by atoms with E-state index in [1.807, 2.05) is 0 Å². The third-order valence-electron chi connectivity index (χ3n) is 1.79. The van der Waals surface area contributed by atoms with E-state index in [0.717, 1.165) is 13.0 Å². The summed E-state index contributed by atoms with van der Waals surface area (Å²) in [7, 11) is 0. The maximum Gasteiger partial charge on any atom is 0.387 e. The third-order valence-corrected chi connectivity index (χ3v) is 1.79. The van der Waals surface area contributed by atoms with Crippen molar-refractivity contribution < 1.29 is 22.7 Å². The number of hydrogen-bond donors (Lipinski definition) is 0. The molecule has 1 aromatic rings. The van der Waals surface area contributed by atoms with Crippen molar-refractivity contribution in [1.82, 2.24) is 0 Å². The Morgan fingerprint density at radius 3 is 2.56 bits per heavy atom. The minimum atomic E-state index is -3.16. The first-order valence-electron chi connectivity index (χ1n) is 4.15. The van der Waals surface area contributed by atoms with Crippen molar-refractivity contribution in [1.29, 1.82) is 5.26 Å². The molecular weight excluding hydrogens is 223 g/mol. The topological polar surface area (TPSA) is 50.1 Å². The maximum absolute atomic E-state index is 13.1. The molecule has 1 rings (SSSR count). The van der Waals surface area contributed by atoms with Gasteiger partial charge >= 0.3 is 6.61 Å². The number of nitrogens with zero attached hydrogens (tertiary/aromatic N) is 1. The van der Waals surface area contributed by atoms with E-state index in [1.165, 1.54) is 6.07 Å². The fourth-order valence-corrected chi connectivity index (χ4v) is 1.11. The van der Waals surface area contributed by atoms with Crippen LogP contribution in [0.5, 0.6) is 5.75 Å². The Morgan fingerprint density at radius 2 is 2.12 bits per heavy atom. The van der Waals surface area contributed by atoms with Crippen LogP contribution in [-0.2, 0) is 0 Å². The Morgan fingerprint density at radius 1 is 1.50 bits per heavy atom. The van der Waals surface area contributed by atoms with E-state index in [9.17, 15) is 18.0 Å². The number of carbonyl (C=O) groups is 1. The predicted octanol–water partition coefficient (Wildman–Crippen LogP) is 2.50. The number of ether oxygens (including phenoxy) is 1. The van der Waals surface area contributed by atoms with Crippen molar-refractivity contribution in [3.63, 3.8) is 0 Å². The maximum atomic E-state index is 13.1. The number of ketones is 1. The minimum absolute atomic E-state index is 0.252. The second-order valence-electron chi connectivity index (χ2n) is 2.87. The number of halogens is 3. The smallest absolute Gasteiger partial charge is 0.387 e. The molecule has 0 spiro atoms. The molecule has 0 saturated carbocycles. The first kappa shape index (κ1) is 12.0. The average molecular weight is 229 g/mol. The zero-order chi connectivity index (χ0) is 12.3. The molecule has 0 bridgehead atoms. The monoisotopic (exact) mass is 229 g/mol. The number of rotatable bonds is 3. The fourth-order valence-electron chi connectivity index (χ4n) is 1.11. The largest absolute Gasteiger partial charge is 0.434 e. The van der Waals surface area contributed by atoms with Crippen LogP contribution >= 0.6 is 0 Å². The highest BCUT2D eigenvalue weighted by molar-refractivity contribution is 5.97. The second-order valence-corrected chi connectivity index (χ2v) is 2.87.